The Morgan fingerprint density at radius 1 is 0.938 bits per heavy atom. The second-order valence-corrected chi connectivity index (χ2v) is 7.31. The van der Waals surface area contributed by atoms with Gasteiger partial charge < -0.3 is 5.32 Å². The number of fused-ring (bicyclic) bond motifs is 1. The van der Waals surface area contributed by atoms with E-state index < -0.39 is 0 Å². The Morgan fingerprint density at radius 3 is 2.59 bits per heavy atom. The van der Waals surface area contributed by atoms with Gasteiger partial charge in [-0.2, -0.15) is 15.5 Å². The van der Waals surface area contributed by atoms with Crippen LogP contribution in [-0.4, -0.2) is 34.9 Å². The Kier molecular flexibility index (Phi) is 4.72. The molecule has 5 aromatic rings. The lowest BCUT2D eigenvalue weighted by atomic mass is 10.0. The van der Waals surface area contributed by atoms with Crippen LogP contribution in [0.1, 0.15) is 11.3 Å². The number of aryl methyl sites for hydroxylation is 2. The zero-order chi connectivity index (χ0) is 22.1. The minimum absolute atomic E-state index is 0.362. The third-order valence-electron chi connectivity index (χ3n) is 4.88. The van der Waals surface area contributed by atoms with E-state index in [9.17, 15) is 0 Å². The third kappa shape index (κ3) is 3.73. The lowest BCUT2D eigenvalue weighted by Gasteiger charge is -2.07. The van der Waals surface area contributed by atoms with Crippen LogP contribution in [-0.2, 0) is 7.05 Å². The van der Waals surface area contributed by atoms with Gasteiger partial charge in [-0.25, -0.2) is 9.97 Å². The standard InChI is InChI=1S/C23H17N9/c1-14-7-22(30-27-10-14)29-21-6-5-19-20(28-21)8-16(12-26-19)18-13-32(2)31-23(18)15-3-4-17(9-24)25-11-15/h3-8,10-13H,1-2H3,(H,28,29,30). The summed E-state index contributed by atoms with van der Waals surface area (Å²) in [7, 11) is 1.86. The molecule has 9 heteroatoms. The van der Waals surface area contributed by atoms with Crippen LogP contribution in [0.15, 0.2) is 61.2 Å². The van der Waals surface area contributed by atoms with Gasteiger partial charge in [0.2, 0.25) is 0 Å². The van der Waals surface area contributed by atoms with E-state index in [1.807, 2.05) is 56.6 Å². The quantitative estimate of drug-likeness (QED) is 0.467. The second-order valence-electron chi connectivity index (χ2n) is 7.31. The zero-order valence-electron chi connectivity index (χ0n) is 17.4. The molecule has 0 aromatic carbocycles. The van der Waals surface area contributed by atoms with Crippen LogP contribution in [0.25, 0.3) is 33.4 Å². The molecule has 0 bridgehead atoms. The Labute approximate surface area is 183 Å². The first-order valence-electron chi connectivity index (χ1n) is 9.83. The fourth-order valence-corrected chi connectivity index (χ4v) is 3.39. The largest absolute Gasteiger partial charge is 0.323 e. The van der Waals surface area contributed by atoms with Gasteiger partial charge in [-0.05, 0) is 48.9 Å². The number of anilines is 2. The second kappa shape index (κ2) is 7.85. The summed E-state index contributed by atoms with van der Waals surface area (Å²) >= 11 is 0. The molecule has 5 rings (SSSR count). The summed E-state index contributed by atoms with van der Waals surface area (Å²) in [6.45, 7) is 1.96. The number of rotatable bonds is 4. The molecule has 0 atom stereocenters. The molecule has 9 nitrogen and oxygen atoms in total. The number of aromatic nitrogens is 7. The van der Waals surface area contributed by atoms with E-state index in [1.54, 1.807) is 29.3 Å². The smallest absolute Gasteiger partial charge is 0.154 e. The van der Waals surface area contributed by atoms with E-state index >= 15 is 0 Å². The molecule has 0 radical (unpaired) electrons. The van der Waals surface area contributed by atoms with Gasteiger partial charge in [-0.1, -0.05) is 0 Å². The summed E-state index contributed by atoms with van der Waals surface area (Å²) in [5, 5.41) is 24.8. The number of pyridine rings is 3. The van der Waals surface area contributed by atoms with Crippen LogP contribution in [0, 0.1) is 18.3 Å². The number of hydrogen-bond acceptors (Lipinski definition) is 8. The topological polar surface area (TPSA) is 118 Å². The van der Waals surface area contributed by atoms with Crippen LogP contribution in [0.5, 0.6) is 0 Å². The molecule has 0 aliphatic carbocycles. The van der Waals surface area contributed by atoms with Crippen LogP contribution in [0.2, 0.25) is 0 Å². The highest BCUT2D eigenvalue weighted by Gasteiger charge is 2.14. The lowest BCUT2D eigenvalue weighted by Crippen LogP contribution is -1.98. The predicted octanol–water partition coefficient (Wildman–Crippen LogP) is 3.81. The molecular weight excluding hydrogens is 402 g/mol. The first kappa shape index (κ1) is 19.3. The molecule has 0 aliphatic heterocycles. The van der Waals surface area contributed by atoms with Crippen LogP contribution in [0.4, 0.5) is 11.6 Å². The van der Waals surface area contributed by atoms with Crippen molar-refractivity contribution in [2.45, 2.75) is 6.92 Å². The van der Waals surface area contributed by atoms with E-state index in [2.05, 4.69) is 30.6 Å². The van der Waals surface area contributed by atoms with Crippen molar-refractivity contribution < 1.29 is 0 Å². The monoisotopic (exact) mass is 419 g/mol. The van der Waals surface area contributed by atoms with Crippen molar-refractivity contribution >= 4 is 22.7 Å². The molecule has 1 N–H and O–H groups in total. The summed E-state index contributed by atoms with van der Waals surface area (Å²) in [6, 6.07) is 13.2. The highest BCUT2D eigenvalue weighted by Crippen LogP contribution is 2.31. The Hall–Kier alpha value is -4.71. The molecule has 32 heavy (non-hydrogen) atoms. The summed E-state index contributed by atoms with van der Waals surface area (Å²) in [6.07, 6.45) is 7.09. The molecule has 5 heterocycles. The lowest BCUT2D eigenvalue weighted by molar-refractivity contribution is 0.771. The van der Waals surface area contributed by atoms with Crippen molar-refractivity contribution in [2.75, 3.05) is 5.32 Å². The normalized spacial score (nSPS) is 10.8. The first-order valence-corrected chi connectivity index (χ1v) is 9.83. The van der Waals surface area contributed by atoms with Crippen LogP contribution in [0.3, 0.4) is 0 Å². The van der Waals surface area contributed by atoms with E-state index in [0.717, 1.165) is 39.0 Å². The fourth-order valence-electron chi connectivity index (χ4n) is 3.39. The van der Waals surface area contributed by atoms with Gasteiger partial charge >= 0.3 is 0 Å². The van der Waals surface area contributed by atoms with Gasteiger partial charge in [0.15, 0.2) is 5.82 Å². The molecule has 0 saturated heterocycles. The van der Waals surface area contributed by atoms with Gasteiger partial charge in [0.05, 0.1) is 17.2 Å². The first-order chi connectivity index (χ1) is 15.6. The van der Waals surface area contributed by atoms with E-state index in [-0.39, 0.29) is 0 Å². The number of hydrogen-bond donors (Lipinski definition) is 1. The molecule has 0 fully saturated rings. The van der Waals surface area contributed by atoms with Crippen molar-refractivity contribution in [3.63, 3.8) is 0 Å². The summed E-state index contributed by atoms with van der Waals surface area (Å²) in [4.78, 5) is 13.4. The predicted molar refractivity (Wildman–Crippen MR) is 120 cm³/mol. The number of nitrogens with zero attached hydrogens (tertiary/aromatic N) is 8. The summed E-state index contributed by atoms with van der Waals surface area (Å²) in [5.74, 6) is 1.28. The van der Waals surface area contributed by atoms with Gasteiger partial charge in [-0.3, -0.25) is 9.67 Å². The molecule has 0 unspecified atom stereocenters. The SMILES string of the molecule is Cc1cnnc(Nc2ccc3ncc(-c4cn(C)nc4-c4ccc(C#N)nc4)cc3n2)c1. The fraction of sp³-hybridized carbons (Fsp3) is 0.0870. The maximum Gasteiger partial charge on any atom is 0.154 e. The minimum Gasteiger partial charge on any atom is -0.323 e. The molecular formula is C23H17N9. The van der Waals surface area contributed by atoms with Crippen molar-refractivity contribution in [3.05, 3.63) is 72.4 Å². The summed E-state index contributed by atoms with van der Waals surface area (Å²) in [5.41, 5.74) is 6.25. The molecule has 0 aliphatic rings. The Bertz CT molecular complexity index is 1480. The highest BCUT2D eigenvalue weighted by atomic mass is 15.3. The molecule has 0 amide bonds. The molecule has 0 saturated carbocycles. The van der Waals surface area contributed by atoms with Crippen LogP contribution >= 0.6 is 0 Å². The van der Waals surface area contributed by atoms with Crippen molar-refractivity contribution in [1.82, 2.24) is 34.9 Å². The van der Waals surface area contributed by atoms with Crippen LogP contribution < -0.4 is 5.32 Å². The van der Waals surface area contributed by atoms with Crippen molar-refractivity contribution in [2.24, 2.45) is 7.05 Å². The Balaban J connectivity index is 1.54. The molecule has 5 aromatic heterocycles. The third-order valence-corrected chi connectivity index (χ3v) is 4.88. The van der Waals surface area contributed by atoms with Crippen molar-refractivity contribution in [3.8, 4) is 28.5 Å². The molecule has 0 spiro atoms. The van der Waals surface area contributed by atoms with Gasteiger partial charge in [-0.15, -0.1) is 5.10 Å². The zero-order valence-corrected chi connectivity index (χ0v) is 17.4. The highest BCUT2D eigenvalue weighted by molar-refractivity contribution is 5.86. The maximum atomic E-state index is 9.01. The minimum atomic E-state index is 0.362. The van der Waals surface area contributed by atoms with Gasteiger partial charge in [0.25, 0.3) is 0 Å². The summed E-state index contributed by atoms with van der Waals surface area (Å²) < 4.78 is 1.74. The number of nitrogens with one attached hydrogen (secondary N) is 1. The number of nitriles is 1. The molecule has 154 valence electrons. The Morgan fingerprint density at radius 2 is 1.81 bits per heavy atom. The van der Waals surface area contributed by atoms with Gasteiger partial charge in [0, 0.05) is 42.3 Å². The average Bonchev–Trinajstić information content (AvgIpc) is 3.20. The average molecular weight is 419 g/mol. The van der Waals surface area contributed by atoms with Crippen molar-refractivity contribution in [1.29, 1.82) is 5.26 Å². The van der Waals surface area contributed by atoms with E-state index in [1.165, 1.54) is 0 Å². The van der Waals surface area contributed by atoms with E-state index in [0.29, 0.717) is 17.3 Å². The van der Waals surface area contributed by atoms with Gasteiger partial charge in [0.1, 0.15) is 23.3 Å². The maximum absolute atomic E-state index is 9.01. The van der Waals surface area contributed by atoms with E-state index in [4.69, 9.17) is 10.2 Å².